The van der Waals surface area contributed by atoms with Crippen LogP contribution in [-0.4, -0.2) is 99.3 Å². The van der Waals surface area contributed by atoms with Gasteiger partial charge in [0.2, 0.25) is 5.91 Å². The lowest BCUT2D eigenvalue weighted by atomic mass is 9.92. The molecule has 1 heterocycles. The van der Waals surface area contributed by atoms with Crippen molar-refractivity contribution in [3.05, 3.63) is 112 Å². The van der Waals surface area contributed by atoms with E-state index in [4.69, 9.17) is 10.5 Å². The molecular formula is C43H62N6O5. The first kappa shape index (κ1) is 46.8. The first-order valence-electron chi connectivity index (χ1n) is 18.5. The molecule has 294 valence electrons. The lowest BCUT2D eigenvalue weighted by Crippen LogP contribution is -2.45. The highest BCUT2D eigenvalue weighted by molar-refractivity contribution is 6.10. The van der Waals surface area contributed by atoms with E-state index < -0.39 is 5.92 Å². The minimum absolute atomic E-state index is 0.211. The Labute approximate surface area is 322 Å². The number of imide groups is 1. The Hall–Kier alpha value is -5.26. The van der Waals surface area contributed by atoms with Gasteiger partial charge in [0.25, 0.3) is 11.8 Å². The van der Waals surface area contributed by atoms with E-state index in [1.807, 2.05) is 79.1 Å². The first-order chi connectivity index (χ1) is 25.9. The zero-order chi connectivity index (χ0) is 41.0. The van der Waals surface area contributed by atoms with Crippen molar-refractivity contribution >= 4 is 36.2 Å². The molecule has 1 aliphatic heterocycles. The Morgan fingerprint density at radius 3 is 2.41 bits per heavy atom. The van der Waals surface area contributed by atoms with Gasteiger partial charge in [-0.2, -0.15) is 0 Å². The Kier molecular flexibility index (Phi) is 20.9. The number of hydrogen-bond acceptors (Lipinski definition) is 9. The number of nitrogens with two attached hydrogens (primary N) is 1. The molecule has 0 aromatic heterocycles. The zero-order valence-corrected chi connectivity index (χ0v) is 34.0. The number of amides is 3. The van der Waals surface area contributed by atoms with Gasteiger partial charge in [-0.1, -0.05) is 77.3 Å². The van der Waals surface area contributed by atoms with E-state index in [1.165, 1.54) is 4.90 Å². The molecule has 11 heteroatoms. The minimum Gasteiger partial charge on any atom is -0.496 e. The maximum Gasteiger partial charge on any atom is 0.261 e. The van der Waals surface area contributed by atoms with E-state index in [1.54, 1.807) is 62.4 Å². The molecule has 3 amide bonds. The minimum atomic E-state index is -0.617. The van der Waals surface area contributed by atoms with Crippen LogP contribution in [0.4, 0.5) is 0 Å². The van der Waals surface area contributed by atoms with Crippen LogP contribution in [0, 0.1) is 5.92 Å². The lowest BCUT2D eigenvalue weighted by molar-refractivity contribution is -0.130. The molecule has 3 aliphatic rings. The summed E-state index contributed by atoms with van der Waals surface area (Å²) in [4.78, 5) is 55.0. The van der Waals surface area contributed by atoms with Crippen molar-refractivity contribution in [3.8, 4) is 5.75 Å². The standard InChI is InChI=1S/C24H29N3O3.C15H21N3O2.2C2H6/c1-6-7-17-14-21-20-15-19(16(17)2)24(29)27(13-12-26(4)11-10-25-3)23(28)18(20)8-9-22(21)30-5;1-4-14(10-19)18(3)11(2)17-15(20)12-7-5-6-8-13(16)9-12;2*1-2/h6-9,14-15,19,25H,1-2,10-13H2,3-5H3;4,6-11H,5,16H2,1-3H3,(H,17,20);2*1-2H3/b17-7-;14-4-;;. The molecule has 0 radical (unpaired) electrons. The Morgan fingerprint density at radius 1 is 1.13 bits per heavy atom. The molecule has 0 saturated carbocycles. The summed E-state index contributed by atoms with van der Waals surface area (Å²) < 4.78 is 5.53. The van der Waals surface area contributed by atoms with Crippen LogP contribution in [0.3, 0.4) is 0 Å². The number of carbonyl (C=O) groups excluding carboxylic acids is 4. The number of likely N-dealkylation sites (N-methyl/N-ethyl adjacent to an activating group) is 3. The number of hydrogen-bond donors (Lipinski definition) is 3. The molecule has 1 aromatic carbocycles. The second-order valence-corrected chi connectivity index (χ2v) is 12.0. The van der Waals surface area contributed by atoms with Gasteiger partial charge in [-0.3, -0.25) is 24.1 Å². The Morgan fingerprint density at radius 2 is 1.81 bits per heavy atom. The third-order valence-electron chi connectivity index (χ3n) is 8.71. The van der Waals surface area contributed by atoms with E-state index in [0.717, 1.165) is 35.4 Å². The average Bonchev–Trinajstić information content (AvgIpc) is 3.54. The molecule has 4 N–H and O–H groups in total. The summed E-state index contributed by atoms with van der Waals surface area (Å²) in [7, 11) is 7.22. The van der Waals surface area contributed by atoms with Crippen LogP contribution in [0.2, 0.25) is 0 Å². The van der Waals surface area contributed by atoms with Gasteiger partial charge >= 0.3 is 0 Å². The second-order valence-electron chi connectivity index (χ2n) is 12.0. The van der Waals surface area contributed by atoms with Crippen LogP contribution in [0.5, 0.6) is 5.75 Å². The van der Waals surface area contributed by atoms with Crippen molar-refractivity contribution in [1.82, 2.24) is 25.3 Å². The summed E-state index contributed by atoms with van der Waals surface area (Å²) >= 11 is 0. The van der Waals surface area contributed by atoms with Gasteiger partial charge in [-0.15, -0.1) is 0 Å². The van der Waals surface area contributed by atoms with Crippen molar-refractivity contribution in [2.24, 2.45) is 11.7 Å². The van der Waals surface area contributed by atoms with Gasteiger partial charge in [0.05, 0.1) is 24.9 Å². The monoisotopic (exact) mass is 742 g/mol. The van der Waals surface area contributed by atoms with Crippen molar-refractivity contribution in [2.75, 3.05) is 54.4 Å². The first-order valence-corrected chi connectivity index (χ1v) is 18.5. The summed E-state index contributed by atoms with van der Waals surface area (Å²) in [6, 6.07) is 3.51. The number of fused-ring (bicyclic) bond motifs is 1. The quantitative estimate of drug-likeness (QED) is 0.119. The predicted octanol–water partition coefficient (Wildman–Crippen LogP) is 3.95. The van der Waals surface area contributed by atoms with Crippen molar-refractivity contribution in [2.45, 2.75) is 54.1 Å². The number of allylic oxidation sites excluding steroid dienone is 8. The fourth-order valence-electron chi connectivity index (χ4n) is 5.61. The SMILES string of the molecule is C/C=C(/C=O)N(C)C(C)NC(=O)C1=CCC=CC(N)=C1.C=C/C=C1/C=c2c(OC)ccc3c2=CC(C1=C)C(=O)N(CCN(C)CCNC)C3=O.CC.CC. The van der Waals surface area contributed by atoms with E-state index in [-0.39, 0.29) is 23.9 Å². The zero-order valence-electron chi connectivity index (χ0n) is 34.0. The average molecular weight is 743 g/mol. The van der Waals surface area contributed by atoms with E-state index in [2.05, 4.69) is 28.7 Å². The highest BCUT2D eigenvalue weighted by atomic mass is 16.5. The van der Waals surface area contributed by atoms with E-state index >= 15 is 0 Å². The third kappa shape index (κ3) is 12.4. The molecule has 2 bridgehead atoms. The number of methoxy groups -OCH3 is 1. The fourth-order valence-corrected chi connectivity index (χ4v) is 5.61. The van der Waals surface area contributed by atoms with Crippen molar-refractivity contribution in [1.29, 1.82) is 0 Å². The number of aldehydes is 1. The number of nitrogens with one attached hydrogen (secondary N) is 2. The van der Waals surface area contributed by atoms with Gasteiger partial charge in [-0.25, -0.2) is 0 Å². The molecule has 2 atom stereocenters. The van der Waals surface area contributed by atoms with Crippen LogP contribution in [0.15, 0.2) is 95.9 Å². The number of benzene rings is 1. The fraction of sp³-hybridized carbons (Fsp3) is 0.395. The van der Waals surface area contributed by atoms with Crippen LogP contribution in [0.1, 0.15) is 58.3 Å². The van der Waals surface area contributed by atoms with Gasteiger partial charge < -0.3 is 30.9 Å². The van der Waals surface area contributed by atoms with E-state index in [9.17, 15) is 19.2 Å². The molecule has 1 aromatic rings. The van der Waals surface area contributed by atoms with Crippen LogP contribution >= 0.6 is 0 Å². The predicted molar refractivity (Wildman–Crippen MR) is 222 cm³/mol. The number of nitrogens with zero attached hydrogens (tertiary/aromatic N) is 3. The van der Waals surface area contributed by atoms with Crippen LogP contribution in [0.25, 0.3) is 12.2 Å². The van der Waals surface area contributed by atoms with Gasteiger partial charge in [0.1, 0.15) is 5.75 Å². The molecule has 2 aliphatic carbocycles. The summed E-state index contributed by atoms with van der Waals surface area (Å²) in [6.45, 7) is 22.1. The summed E-state index contributed by atoms with van der Waals surface area (Å²) in [5, 5.41) is 7.44. The molecule has 4 rings (SSSR count). The Balaban J connectivity index is 0.000000529. The highest BCUT2D eigenvalue weighted by Crippen LogP contribution is 2.28. The molecule has 54 heavy (non-hydrogen) atoms. The summed E-state index contributed by atoms with van der Waals surface area (Å²) in [5.41, 5.74) is 9.28. The smallest absolute Gasteiger partial charge is 0.261 e. The summed E-state index contributed by atoms with van der Waals surface area (Å²) in [5.74, 6) is -0.713. The van der Waals surface area contributed by atoms with Crippen LogP contribution in [-0.2, 0) is 14.4 Å². The van der Waals surface area contributed by atoms with Crippen molar-refractivity contribution in [3.63, 3.8) is 0 Å². The maximum atomic E-state index is 13.5. The van der Waals surface area contributed by atoms with Gasteiger partial charge in [0, 0.05) is 55.3 Å². The molecule has 11 nitrogen and oxygen atoms in total. The molecular weight excluding hydrogens is 681 g/mol. The molecule has 0 saturated heterocycles. The topological polar surface area (TPSA) is 137 Å². The number of carbonyl (C=O) groups is 4. The van der Waals surface area contributed by atoms with Gasteiger partial charge in [0.15, 0.2) is 6.29 Å². The number of rotatable bonds is 13. The third-order valence-corrected chi connectivity index (χ3v) is 8.71. The largest absolute Gasteiger partial charge is 0.496 e. The maximum absolute atomic E-state index is 13.5. The second kappa shape index (κ2) is 24.1. The molecule has 0 fully saturated rings. The van der Waals surface area contributed by atoms with Gasteiger partial charge in [-0.05, 0) is 81.1 Å². The molecule has 2 unspecified atom stereocenters. The summed E-state index contributed by atoms with van der Waals surface area (Å²) in [6.07, 6.45) is 17.2. The van der Waals surface area contributed by atoms with Crippen molar-refractivity contribution < 1.29 is 23.9 Å². The van der Waals surface area contributed by atoms with E-state index in [0.29, 0.717) is 53.4 Å². The Bertz CT molecular complexity index is 1780. The van der Waals surface area contributed by atoms with Crippen LogP contribution < -0.4 is 31.5 Å². The highest BCUT2D eigenvalue weighted by Gasteiger charge is 2.35. The molecule has 0 spiro atoms. The normalized spacial score (nSPS) is 17.1. The lowest BCUT2D eigenvalue weighted by Gasteiger charge is -2.27. The number of ether oxygens (including phenoxy) is 1.